The average molecular weight is 273 g/mol. The van der Waals surface area contributed by atoms with E-state index in [0.717, 1.165) is 5.56 Å². The molecule has 0 bridgehead atoms. The van der Waals surface area contributed by atoms with Crippen LogP contribution in [0.15, 0.2) is 42.5 Å². The first-order chi connectivity index (χ1) is 9.49. The van der Waals surface area contributed by atoms with Crippen molar-refractivity contribution in [1.82, 2.24) is 0 Å². The fourth-order valence-corrected chi connectivity index (χ4v) is 1.87. The van der Waals surface area contributed by atoms with Crippen molar-refractivity contribution in [2.24, 2.45) is 0 Å². The normalized spacial score (nSPS) is 10.6. The summed E-state index contributed by atoms with van der Waals surface area (Å²) in [6.07, 6.45) is -0.0832. The number of nitrogens with zero attached hydrogens (tertiary/aromatic N) is 1. The van der Waals surface area contributed by atoms with Crippen molar-refractivity contribution in [3.8, 4) is 22.6 Å². The van der Waals surface area contributed by atoms with Gasteiger partial charge in [0.25, 0.3) is 5.69 Å². The minimum absolute atomic E-state index is 0.0280. The fraction of sp³-hybridized carbons (Fsp3) is 0.200. The Bertz CT molecular complexity index is 620. The maximum absolute atomic E-state index is 10.7. The molecule has 0 heterocycles. The second-order valence-corrected chi connectivity index (χ2v) is 4.62. The van der Waals surface area contributed by atoms with Gasteiger partial charge in [0.1, 0.15) is 0 Å². The van der Waals surface area contributed by atoms with Gasteiger partial charge in [-0.3, -0.25) is 10.1 Å². The molecule has 0 aliphatic rings. The second-order valence-electron chi connectivity index (χ2n) is 4.62. The first-order valence-corrected chi connectivity index (χ1v) is 6.22. The monoisotopic (exact) mass is 273 g/mol. The minimum Gasteiger partial charge on any atom is -0.504 e. The summed E-state index contributed by atoms with van der Waals surface area (Å²) >= 11 is 0. The van der Waals surface area contributed by atoms with Crippen LogP contribution in [0.4, 0.5) is 5.69 Å². The van der Waals surface area contributed by atoms with E-state index in [1.807, 2.05) is 13.8 Å². The van der Waals surface area contributed by atoms with Crippen LogP contribution in [0.25, 0.3) is 11.1 Å². The van der Waals surface area contributed by atoms with E-state index in [9.17, 15) is 15.2 Å². The van der Waals surface area contributed by atoms with Gasteiger partial charge in [0.15, 0.2) is 11.5 Å². The van der Waals surface area contributed by atoms with Crippen LogP contribution in [-0.2, 0) is 0 Å². The SMILES string of the molecule is CC(C)Oc1c(O)cccc1-c1ccc([N+](=O)[O-])cc1. The number of rotatable bonds is 4. The van der Waals surface area contributed by atoms with Gasteiger partial charge in [-0.05, 0) is 37.6 Å². The Morgan fingerprint density at radius 1 is 1.15 bits per heavy atom. The quantitative estimate of drug-likeness (QED) is 0.680. The molecular weight excluding hydrogens is 258 g/mol. The van der Waals surface area contributed by atoms with Crippen molar-refractivity contribution >= 4 is 5.69 Å². The number of benzene rings is 2. The molecule has 5 nitrogen and oxygen atoms in total. The summed E-state index contributed by atoms with van der Waals surface area (Å²) < 4.78 is 5.62. The molecule has 2 aromatic rings. The van der Waals surface area contributed by atoms with E-state index >= 15 is 0 Å². The summed E-state index contributed by atoms with van der Waals surface area (Å²) in [5.74, 6) is 0.436. The number of nitro groups is 1. The maximum atomic E-state index is 10.7. The van der Waals surface area contributed by atoms with E-state index in [4.69, 9.17) is 4.74 Å². The molecule has 0 aromatic heterocycles. The highest BCUT2D eigenvalue weighted by Crippen LogP contribution is 2.38. The molecule has 20 heavy (non-hydrogen) atoms. The molecule has 2 aromatic carbocycles. The zero-order chi connectivity index (χ0) is 14.7. The van der Waals surface area contributed by atoms with Crippen molar-refractivity contribution in [1.29, 1.82) is 0 Å². The Morgan fingerprint density at radius 3 is 2.35 bits per heavy atom. The highest BCUT2D eigenvalue weighted by molar-refractivity contribution is 5.74. The first-order valence-electron chi connectivity index (χ1n) is 6.22. The van der Waals surface area contributed by atoms with Crippen molar-refractivity contribution < 1.29 is 14.8 Å². The van der Waals surface area contributed by atoms with Crippen LogP contribution >= 0.6 is 0 Å². The number of phenols is 1. The summed E-state index contributed by atoms with van der Waals surface area (Å²) in [5.41, 5.74) is 1.48. The van der Waals surface area contributed by atoms with Crippen LogP contribution in [0.5, 0.6) is 11.5 Å². The molecule has 104 valence electrons. The predicted molar refractivity (Wildman–Crippen MR) is 76.0 cm³/mol. The van der Waals surface area contributed by atoms with E-state index in [-0.39, 0.29) is 17.5 Å². The molecule has 0 aliphatic carbocycles. The van der Waals surface area contributed by atoms with Crippen LogP contribution in [-0.4, -0.2) is 16.1 Å². The molecule has 0 unspecified atom stereocenters. The third kappa shape index (κ3) is 2.88. The number of phenolic OH excluding ortho intramolecular Hbond substituents is 1. The van der Waals surface area contributed by atoms with Gasteiger partial charge in [0, 0.05) is 17.7 Å². The Labute approximate surface area is 116 Å². The lowest BCUT2D eigenvalue weighted by Gasteiger charge is -2.15. The number of hydrogen-bond acceptors (Lipinski definition) is 4. The van der Waals surface area contributed by atoms with Gasteiger partial charge in [-0.25, -0.2) is 0 Å². The lowest BCUT2D eigenvalue weighted by atomic mass is 10.0. The summed E-state index contributed by atoms with van der Waals surface area (Å²) in [6.45, 7) is 3.73. The van der Waals surface area contributed by atoms with Gasteiger partial charge in [-0.1, -0.05) is 12.1 Å². The summed E-state index contributed by atoms with van der Waals surface area (Å²) in [5, 5.41) is 20.6. The number of non-ortho nitro benzene ring substituents is 1. The average Bonchev–Trinajstić information content (AvgIpc) is 2.41. The van der Waals surface area contributed by atoms with Gasteiger partial charge in [0.05, 0.1) is 11.0 Å². The summed E-state index contributed by atoms with van der Waals surface area (Å²) in [4.78, 5) is 10.2. The van der Waals surface area contributed by atoms with E-state index in [0.29, 0.717) is 11.3 Å². The Kier molecular flexibility index (Phi) is 3.89. The van der Waals surface area contributed by atoms with E-state index in [2.05, 4.69) is 0 Å². The van der Waals surface area contributed by atoms with E-state index < -0.39 is 4.92 Å². The van der Waals surface area contributed by atoms with Crippen LogP contribution in [0.2, 0.25) is 0 Å². The Morgan fingerprint density at radius 2 is 1.80 bits per heavy atom. The third-order valence-corrected chi connectivity index (χ3v) is 2.74. The van der Waals surface area contributed by atoms with Crippen LogP contribution < -0.4 is 4.74 Å². The first kappa shape index (κ1) is 13.9. The smallest absolute Gasteiger partial charge is 0.269 e. The molecule has 2 rings (SSSR count). The Hall–Kier alpha value is -2.56. The van der Waals surface area contributed by atoms with E-state index in [1.54, 1.807) is 30.3 Å². The maximum Gasteiger partial charge on any atom is 0.269 e. The number of para-hydroxylation sites is 1. The lowest BCUT2D eigenvalue weighted by molar-refractivity contribution is -0.384. The van der Waals surface area contributed by atoms with Gasteiger partial charge in [-0.15, -0.1) is 0 Å². The molecule has 1 N–H and O–H groups in total. The Balaban J connectivity index is 2.46. The molecule has 0 saturated heterocycles. The molecule has 0 radical (unpaired) electrons. The zero-order valence-electron chi connectivity index (χ0n) is 11.2. The van der Waals surface area contributed by atoms with Crippen molar-refractivity contribution in [2.75, 3.05) is 0 Å². The van der Waals surface area contributed by atoms with Gasteiger partial charge in [0.2, 0.25) is 0 Å². The highest BCUT2D eigenvalue weighted by atomic mass is 16.6. The topological polar surface area (TPSA) is 72.6 Å². The number of hydrogen-bond donors (Lipinski definition) is 1. The molecule has 5 heteroatoms. The van der Waals surface area contributed by atoms with Crippen LogP contribution in [0, 0.1) is 10.1 Å². The third-order valence-electron chi connectivity index (χ3n) is 2.74. The van der Waals surface area contributed by atoms with Crippen molar-refractivity contribution in [3.05, 3.63) is 52.6 Å². The van der Waals surface area contributed by atoms with Crippen LogP contribution in [0.1, 0.15) is 13.8 Å². The van der Waals surface area contributed by atoms with Crippen molar-refractivity contribution in [3.63, 3.8) is 0 Å². The molecule has 0 atom stereocenters. The fourth-order valence-electron chi connectivity index (χ4n) is 1.87. The number of nitro benzene ring substituents is 1. The molecule has 0 spiro atoms. The minimum atomic E-state index is -0.447. The van der Waals surface area contributed by atoms with Crippen molar-refractivity contribution in [2.45, 2.75) is 20.0 Å². The molecule has 0 saturated carbocycles. The predicted octanol–water partition coefficient (Wildman–Crippen LogP) is 3.75. The van der Waals surface area contributed by atoms with Gasteiger partial charge < -0.3 is 9.84 Å². The molecule has 0 aliphatic heterocycles. The molecule has 0 amide bonds. The number of ether oxygens (including phenoxy) is 1. The van der Waals surface area contributed by atoms with E-state index in [1.165, 1.54) is 12.1 Å². The standard InChI is InChI=1S/C15H15NO4/c1-10(2)20-15-13(4-3-5-14(15)17)11-6-8-12(9-7-11)16(18)19/h3-10,17H,1-2H3. The lowest BCUT2D eigenvalue weighted by Crippen LogP contribution is -2.06. The largest absolute Gasteiger partial charge is 0.504 e. The van der Waals surface area contributed by atoms with Crippen LogP contribution in [0.3, 0.4) is 0 Å². The summed E-state index contributed by atoms with van der Waals surface area (Å²) in [6, 6.07) is 11.2. The highest BCUT2D eigenvalue weighted by Gasteiger charge is 2.13. The molecule has 0 fully saturated rings. The second kappa shape index (κ2) is 5.61. The van der Waals surface area contributed by atoms with Gasteiger partial charge in [-0.2, -0.15) is 0 Å². The summed E-state index contributed by atoms with van der Waals surface area (Å²) in [7, 11) is 0. The van der Waals surface area contributed by atoms with Gasteiger partial charge >= 0.3 is 0 Å². The zero-order valence-corrected chi connectivity index (χ0v) is 11.2. The molecular formula is C15H15NO4. The number of aromatic hydroxyl groups is 1.